The van der Waals surface area contributed by atoms with Crippen molar-refractivity contribution in [3.63, 3.8) is 0 Å². The first kappa shape index (κ1) is 9.13. The number of benzene rings is 1. The van der Waals surface area contributed by atoms with Crippen LogP contribution < -0.4 is 5.73 Å². The van der Waals surface area contributed by atoms with Crippen molar-refractivity contribution in [1.29, 1.82) is 0 Å². The van der Waals surface area contributed by atoms with Gasteiger partial charge in [0, 0.05) is 11.1 Å². The van der Waals surface area contributed by atoms with Gasteiger partial charge in [-0.2, -0.15) is 0 Å². The van der Waals surface area contributed by atoms with E-state index < -0.39 is 0 Å². The van der Waals surface area contributed by atoms with E-state index in [1.165, 1.54) is 0 Å². The Bertz CT molecular complexity index is 464. The Morgan fingerprint density at radius 3 is 2.29 bits per heavy atom. The molecule has 0 aliphatic heterocycles. The average Bonchev–Trinajstić information content (AvgIpc) is 2.54. The van der Waals surface area contributed by atoms with Gasteiger partial charge in [-0.25, -0.2) is 0 Å². The van der Waals surface area contributed by atoms with Crippen LogP contribution in [0.15, 0.2) is 10.5 Å². The zero-order chi connectivity index (χ0) is 10.5. The number of hydrogen-bond donors (Lipinski definition) is 1. The van der Waals surface area contributed by atoms with E-state index in [4.69, 9.17) is 10.2 Å². The Morgan fingerprint density at radius 2 is 1.64 bits per heavy atom. The summed E-state index contributed by atoms with van der Waals surface area (Å²) < 4.78 is 5.66. The molecule has 0 aliphatic rings. The third kappa shape index (κ3) is 1.03. The Balaban J connectivity index is 3.01. The lowest BCUT2D eigenvalue weighted by Gasteiger charge is -2.08. The van der Waals surface area contributed by atoms with Crippen LogP contribution in [0, 0.1) is 27.7 Å². The first-order chi connectivity index (χ1) is 6.52. The van der Waals surface area contributed by atoms with E-state index in [-0.39, 0.29) is 0 Å². The highest BCUT2D eigenvalue weighted by atomic mass is 16.3. The van der Waals surface area contributed by atoms with Crippen molar-refractivity contribution >= 4 is 16.7 Å². The zero-order valence-electron chi connectivity index (χ0n) is 9.06. The third-order valence-electron chi connectivity index (χ3n) is 2.97. The van der Waals surface area contributed by atoms with Crippen LogP contribution in [0.5, 0.6) is 0 Å². The molecule has 0 saturated carbocycles. The molecule has 2 heteroatoms. The van der Waals surface area contributed by atoms with E-state index >= 15 is 0 Å². The van der Waals surface area contributed by atoms with Gasteiger partial charge in [0.1, 0.15) is 11.3 Å². The van der Waals surface area contributed by atoms with E-state index in [9.17, 15) is 0 Å². The Kier molecular flexibility index (Phi) is 1.81. The number of hydrogen-bond acceptors (Lipinski definition) is 2. The third-order valence-corrected chi connectivity index (χ3v) is 2.97. The molecule has 2 N–H and O–H groups in total. The summed E-state index contributed by atoms with van der Waals surface area (Å²) in [6.45, 7) is 8.09. The van der Waals surface area contributed by atoms with Crippen LogP contribution in [-0.2, 0) is 0 Å². The maximum atomic E-state index is 6.02. The SMILES string of the molecule is Cc1cc2c(C)c(N)c(C)c(C)c2o1. The first-order valence-electron chi connectivity index (χ1n) is 4.77. The monoisotopic (exact) mass is 189 g/mol. The lowest BCUT2D eigenvalue weighted by molar-refractivity contribution is 0.576. The van der Waals surface area contributed by atoms with Gasteiger partial charge in [-0.3, -0.25) is 0 Å². The molecule has 0 unspecified atom stereocenters. The molecular formula is C12H15NO. The summed E-state index contributed by atoms with van der Waals surface area (Å²) in [5.74, 6) is 0.941. The molecule has 0 atom stereocenters. The number of nitrogens with two attached hydrogens (primary N) is 1. The Labute approximate surface area is 83.7 Å². The Morgan fingerprint density at radius 1 is 1.00 bits per heavy atom. The minimum Gasteiger partial charge on any atom is -0.461 e. The summed E-state index contributed by atoms with van der Waals surface area (Å²) in [5, 5.41) is 1.14. The van der Waals surface area contributed by atoms with Crippen LogP contribution in [0.25, 0.3) is 11.0 Å². The minimum absolute atomic E-state index is 0.885. The average molecular weight is 189 g/mol. The first-order valence-corrected chi connectivity index (χ1v) is 4.77. The van der Waals surface area contributed by atoms with Crippen LogP contribution >= 0.6 is 0 Å². The predicted octanol–water partition coefficient (Wildman–Crippen LogP) is 3.25. The van der Waals surface area contributed by atoms with Crippen LogP contribution in [0.1, 0.15) is 22.5 Å². The molecular weight excluding hydrogens is 174 g/mol. The van der Waals surface area contributed by atoms with Crippen molar-refractivity contribution in [3.8, 4) is 0 Å². The standard InChI is InChI=1S/C12H15NO/c1-6-5-10-9(4)11(13)7(2)8(3)12(10)14-6/h5H,13H2,1-4H3. The van der Waals surface area contributed by atoms with Crippen LogP contribution in [-0.4, -0.2) is 0 Å². The molecule has 0 spiro atoms. The molecule has 1 aromatic carbocycles. The second kappa shape index (κ2) is 2.77. The summed E-state index contributed by atoms with van der Waals surface area (Å²) in [4.78, 5) is 0. The topological polar surface area (TPSA) is 39.2 Å². The smallest absolute Gasteiger partial charge is 0.137 e. The molecule has 0 amide bonds. The number of nitrogen functional groups attached to an aromatic ring is 1. The van der Waals surface area contributed by atoms with E-state index in [1.807, 2.05) is 26.8 Å². The minimum atomic E-state index is 0.885. The fourth-order valence-electron chi connectivity index (χ4n) is 1.87. The van der Waals surface area contributed by atoms with Gasteiger partial charge in [0.2, 0.25) is 0 Å². The van der Waals surface area contributed by atoms with Crippen LogP contribution in [0.2, 0.25) is 0 Å². The molecule has 2 aromatic rings. The molecule has 0 bridgehead atoms. The highest BCUT2D eigenvalue weighted by Crippen LogP contribution is 2.32. The van der Waals surface area contributed by atoms with Crippen LogP contribution in [0.3, 0.4) is 0 Å². The highest BCUT2D eigenvalue weighted by molar-refractivity contribution is 5.90. The Hall–Kier alpha value is -1.44. The number of rotatable bonds is 0. The molecule has 2 rings (SSSR count). The van der Waals surface area contributed by atoms with E-state index in [0.717, 1.165) is 39.1 Å². The van der Waals surface area contributed by atoms with E-state index in [0.29, 0.717) is 0 Å². The quantitative estimate of drug-likeness (QED) is 0.646. The lowest BCUT2D eigenvalue weighted by Crippen LogP contribution is -1.96. The number of aryl methyl sites for hydroxylation is 3. The van der Waals surface area contributed by atoms with Gasteiger partial charge in [0.05, 0.1) is 0 Å². The largest absolute Gasteiger partial charge is 0.461 e. The summed E-state index contributed by atoms with van der Waals surface area (Å²) in [7, 11) is 0. The van der Waals surface area contributed by atoms with E-state index in [1.54, 1.807) is 0 Å². The van der Waals surface area contributed by atoms with Crippen molar-refractivity contribution < 1.29 is 4.42 Å². The van der Waals surface area contributed by atoms with Gasteiger partial charge < -0.3 is 10.2 Å². The number of fused-ring (bicyclic) bond motifs is 1. The van der Waals surface area contributed by atoms with Gasteiger partial charge in [0.25, 0.3) is 0 Å². The van der Waals surface area contributed by atoms with E-state index in [2.05, 4.69) is 6.92 Å². The molecule has 74 valence electrons. The summed E-state index contributed by atoms with van der Waals surface area (Å²) in [6, 6.07) is 2.05. The molecule has 14 heavy (non-hydrogen) atoms. The lowest BCUT2D eigenvalue weighted by atomic mass is 10.00. The maximum Gasteiger partial charge on any atom is 0.137 e. The molecule has 1 aromatic heterocycles. The van der Waals surface area contributed by atoms with Crippen molar-refractivity contribution in [2.75, 3.05) is 5.73 Å². The predicted molar refractivity (Wildman–Crippen MR) is 59.6 cm³/mol. The van der Waals surface area contributed by atoms with Crippen LogP contribution in [0.4, 0.5) is 5.69 Å². The summed E-state index contributed by atoms with van der Waals surface area (Å²) >= 11 is 0. The van der Waals surface area contributed by atoms with Gasteiger partial charge in [-0.1, -0.05) is 0 Å². The van der Waals surface area contributed by atoms with Crippen molar-refractivity contribution in [2.45, 2.75) is 27.7 Å². The summed E-state index contributed by atoms with van der Waals surface area (Å²) in [6.07, 6.45) is 0. The molecule has 0 aliphatic carbocycles. The second-order valence-corrected chi connectivity index (χ2v) is 3.89. The summed E-state index contributed by atoms with van der Waals surface area (Å²) in [5.41, 5.74) is 11.3. The van der Waals surface area contributed by atoms with Crippen molar-refractivity contribution in [2.24, 2.45) is 0 Å². The number of furan rings is 1. The second-order valence-electron chi connectivity index (χ2n) is 3.89. The highest BCUT2D eigenvalue weighted by Gasteiger charge is 2.12. The normalized spacial score (nSPS) is 11.1. The van der Waals surface area contributed by atoms with Gasteiger partial charge in [-0.05, 0) is 50.5 Å². The molecule has 0 fully saturated rings. The zero-order valence-corrected chi connectivity index (χ0v) is 9.06. The van der Waals surface area contributed by atoms with Crippen molar-refractivity contribution in [3.05, 3.63) is 28.5 Å². The number of anilines is 1. The van der Waals surface area contributed by atoms with Gasteiger partial charge in [0.15, 0.2) is 0 Å². The fraction of sp³-hybridized carbons (Fsp3) is 0.333. The molecule has 1 heterocycles. The van der Waals surface area contributed by atoms with Gasteiger partial charge in [-0.15, -0.1) is 0 Å². The van der Waals surface area contributed by atoms with Crippen molar-refractivity contribution in [1.82, 2.24) is 0 Å². The molecule has 0 saturated heterocycles. The molecule has 0 radical (unpaired) electrons. The molecule has 2 nitrogen and oxygen atoms in total. The van der Waals surface area contributed by atoms with Gasteiger partial charge >= 0.3 is 0 Å². The maximum absolute atomic E-state index is 6.02. The fourth-order valence-corrected chi connectivity index (χ4v) is 1.87.